The van der Waals surface area contributed by atoms with Gasteiger partial charge < -0.3 is 20.4 Å². The van der Waals surface area contributed by atoms with Crippen LogP contribution in [0.15, 0.2) is 24.3 Å². The zero-order valence-electron chi connectivity index (χ0n) is 14.0. The molecule has 0 heterocycles. The van der Waals surface area contributed by atoms with Gasteiger partial charge >= 0.3 is 0 Å². The maximum Gasteiger partial charge on any atom is 0.161 e. The van der Waals surface area contributed by atoms with E-state index in [1.165, 1.54) is 0 Å². The molecule has 23 heavy (non-hydrogen) atoms. The molecule has 0 bridgehead atoms. The van der Waals surface area contributed by atoms with Gasteiger partial charge in [0.05, 0.1) is 0 Å². The molecular weight excluding hydrogens is 292 g/mol. The molecule has 0 atom stereocenters. The van der Waals surface area contributed by atoms with Gasteiger partial charge in [0.2, 0.25) is 0 Å². The molecule has 2 aromatic carbocycles. The van der Waals surface area contributed by atoms with E-state index in [1.54, 1.807) is 24.3 Å². The molecule has 0 unspecified atom stereocenters. The molecule has 0 aliphatic heterocycles. The maximum absolute atomic E-state index is 10.4. The van der Waals surface area contributed by atoms with Crippen LogP contribution in [0, 0.1) is 0 Å². The second-order valence-electron chi connectivity index (χ2n) is 6.27. The van der Waals surface area contributed by atoms with Crippen molar-refractivity contribution in [1.29, 1.82) is 0 Å². The van der Waals surface area contributed by atoms with Gasteiger partial charge in [-0.05, 0) is 24.0 Å². The summed E-state index contributed by atoms with van der Waals surface area (Å²) in [5.41, 5.74) is 1.52. The number of hydrogen-bond acceptors (Lipinski definition) is 4. The number of aryl methyl sites for hydroxylation is 2. The van der Waals surface area contributed by atoms with Crippen LogP contribution in [-0.2, 0) is 18.3 Å². The van der Waals surface area contributed by atoms with Crippen LogP contribution in [0.4, 0.5) is 0 Å². The largest absolute Gasteiger partial charge is 0.504 e. The minimum Gasteiger partial charge on any atom is -0.504 e. The summed E-state index contributed by atoms with van der Waals surface area (Å²) in [7, 11) is 0. The lowest BCUT2D eigenvalue weighted by Gasteiger charge is -2.29. The first-order chi connectivity index (χ1) is 10.8. The van der Waals surface area contributed by atoms with E-state index in [0.717, 1.165) is 0 Å². The Hall–Kier alpha value is -2.36. The Morgan fingerprint density at radius 1 is 0.652 bits per heavy atom. The third-order valence-corrected chi connectivity index (χ3v) is 4.58. The van der Waals surface area contributed by atoms with Crippen molar-refractivity contribution < 1.29 is 20.4 Å². The standard InChI is InChI=1S/C19H24O4/c1-5-11-7-9-13(17(22)15(11)20)19(3,4)14-10-8-12(6-2)16(21)18(14)23/h7-10,20-23H,5-6H2,1-4H3. The number of phenolic OH excluding ortho intramolecular Hbond substituents is 4. The van der Waals surface area contributed by atoms with E-state index in [1.807, 2.05) is 27.7 Å². The van der Waals surface area contributed by atoms with Crippen LogP contribution >= 0.6 is 0 Å². The Bertz CT molecular complexity index is 671. The number of benzene rings is 2. The molecule has 4 heteroatoms. The van der Waals surface area contributed by atoms with Crippen molar-refractivity contribution in [2.45, 2.75) is 46.0 Å². The molecule has 0 aliphatic rings. The Labute approximate surface area is 136 Å². The third-order valence-electron chi connectivity index (χ3n) is 4.58. The minimum atomic E-state index is -0.790. The van der Waals surface area contributed by atoms with Crippen LogP contribution < -0.4 is 0 Å². The predicted molar refractivity (Wildman–Crippen MR) is 90.4 cm³/mol. The van der Waals surface area contributed by atoms with E-state index < -0.39 is 5.41 Å². The van der Waals surface area contributed by atoms with Gasteiger partial charge in [-0.25, -0.2) is 0 Å². The molecule has 0 saturated carbocycles. The fourth-order valence-corrected chi connectivity index (χ4v) is 2.97. The normalized spacial score (nSPS) is 11.7. The summed E-state index contributed by atoms with van der Waals surface area (Å²) in [6.45, 7) is 7.44. The third kappa shape index (κ3) is 2.69. The van der Waals surface area contributed by atoms with Gasteiger partial charge in [0, 0.05) is 16.5 Å². The van der Waals surface area contributed by atoms with Crippen molar-refractivity contribution in [3.63, 3.8) is 0 Å². The molecule has 0 saturated heterocycles. The number of rotatable bonds is 4. The van der Waals surface area contributed by atoms with Crippen molar-refractivity contribution >= 4 is 0 Å². The van der Waals surface area contributed by atoms with Crippen LogP contribution in [0.25, 0.3) is 0 Å². The van der Waals surface area contributed by atoms with Crippen LogP contribution in [0.3, 0.4) is 0 Å². The summed E-state index contributed by atoms with van der Waals surface area (Å²) < 4.78 is 0. The van der Waals surface area contributed by atoms with Crippen molar-refractivity contribution in [2.75, 3.05) is 0 Å². The number of hydrogen-bond donors (Lipinski definition) is 4. The van der Waals surface area contributed by atoms with Crippen LogP contribution in [-0.4, -0.2) is 20.4 Å². The van der Waals surface area contributed by atoms with E-state index >= 15 is 0 Å². The first kappa shape index (κ1) is 17.0. The molecular formula is C19H24O4. The molecule has 0 aliphatic carbocycles. The van der Waals surface area contributed by atoms with Crippen molar-refractivity contribution in [1.82, 2.24) is 0 Å². The smallest absolute Gasteiger partial charge is 0.161 e. The number of phenols is 4. The van der Waals surface area contributed by atoms with Crippen molar-refractivity contribution in [2.24, 2.45) is 0 Å². The van der Waals surface area contributed by atoms with Gasteiger partial charge in [0.1, 0.15) is 0 Å². The van der Waals surface area contributed by atoms with E-state index in [-0.39, 0.29) is 23.0 Å². The summed E-state index contributed by atoms with van der Waals surface area (Å²) in [6.07, 6.45) is 1.22. The Kier molecular flexibility index (Phi) is 4.46. The highest BCUT2D eigenvalue weighted by atomic mass is 16.3. The van der Waals surface area contributed by atoms with Gasteiger partial charge in [-0.2, -0.15) is 0 Å². The lowest BCUT2D eigenvalue weighted by atomic mass is 9.76. The van der Waals surface area contributed by atoms with Gasteiger partial charge in [-0.15, -0.1) is 0 Å². The highest BCUT2D eigenvalue weighted by molar-refractivity contribution is 5.60. The minimum absolute atomic E-state index is 0.132. The molecule has 4 N–H and O–H groups in total. The second-order valence-corrected chi connectivity index (χ2v) is 6.27. The van der Waals surface area contributed by atoms with Crippen LogP contribution in [0.2, 0.25) is 0 Å². The molecule has 0 radical (unpaired) electrons. The van der Waals surface area contributed by atoms with Crippen LogP contribution in [0.5, 0.6) is 23.0 Å². The molecule has 2 aromatic rings. The zero-order valence-corrected chi connectivity index (χ0v) is 14.0. The van der Waals surface area contributed by atoms with Gasteiger partial charge in [0.25, 0.3) is 0 Å². The molecule has 0 spiro atoms. The average molecular weight is 316 g/mol. The monoisotopic (exact) mass is 316 g/mol. The summed E-state index contributed by atoms with van der Waals surface area (Å²) in [5.74, 6) is -0.639. The summed E-state index contributed by atoms with van der Waals surface area (Å²) in [5, 5.41) is 41.0. The highest BCUT2D eigenvalue weighted by Gasteiger charge is 2.32. The topological polar surface area (TPSA) is 80.9 Å². The molecule has 0 amide bonds. The molecule has 0 aromatic heterocycles. The van der Waals surface area contributed by atoms with E-state index in [9.17, 15) is 20.4 Å². The van der Waals surface area contributed by atoms with E-state index in [4.69, 9.17) is 0 Å². The zero-order chi connectivity index (χ0) is 17.4. The van der Waals surface area contributed by atoms with Crippen LogP contribution in [0.1, 0.15) is 49.9 Å². The fourth-order valence-electron chi connectivity index (χ4n) is 2.97. The fraction of sp³-hybridized carbons (Fsp3) is 0.368. The first-order valence-electron chi connectivity index (χ1n) is 7.84. The lowest BCUT2D eigenvalue weighted by molar-refractivity contribution is 0.377. The molecule has 0 fully saturated rings. The Morgan fingerprint density at radius 2 is 1.00 bits per heavy atom. The highest BCUT2D eigenvalue weighted by Crippen LogP contribution is 2.47. The summed E-state index contributed by atoms with van der Waals surface area (Å²) in [6, 6.07) is 7.03. The number of aromatic hydroxyl groups is 4. The van der Waals surface area contributed by atoms with Gasteiger partial charge in [0.15, 0.2) is 23.0 Å². The molecule has 2 rings (SSSR count). The predicted octanol–water partition coefficient (Wildman–Crippen LogP) is 3.96. The average Bonchev–Trinajstić information content (AvgIpc) is 2.52. The summed E-state index contributed by atoms with van der Waals surface area (Å²) >= 11 is 0. The maximum atomic E-state index is 10.4. The second kappa shape index (κ2) is 6.03. The molecule has 124 valence electrons. The van der Waals surface area contributed by atoms with E-state index in [2.05, 4.69) is 0 Å². The first-order valence-corrected chi connectivity index (χ1v) is 7.84. The lowest BCUT2D eigenvalue weighted by Crippen LogP contribution is -2.19. The van der Waals surface area contributed by atoms with E-state index in [0.29, 0.717) is 35.1 Å². The molecule has 4 nitrogen and oxygen atoms in total. The summed E-state index contributed by atoms with van der Waals surface area (Å²) in [4.78, 5) is 0. The van der Waals surface area contributed by atoms with Gasteiger partial charge in [-0.3, -0.25) is 0 Å². The van der Waals surface area contributed by atoms with Crippen molar-refractivity contribution in [3.8, 4) is 23.0 Å². The van der Waals surface area contributed by atoms with Gasteiger partial charge in [-0.1, -0.05) is 52.0 Å². The quantitative estimate of drug-likeness (QED) is 0.644. The Morgan fingerprint density at radius 3 is 1.30 bits per heavy atom. The SMILES string of the molecule is CCc1ccc(C(C)(C)c2ccc(CC)c(O)c2O)c(O)c1O. The van der Waals surface area contributed by atoms with Crippen molar-refractivity contribution in [3.05, 3.63) is 46.5 Å². The Balaban J connectivity index is 2.64.